The fraction of sp³-hybridized carbons (Fsp3) is 0.500. The van der Waals surface area contributed by atoms with E-state index in [2.05, 4.69) is 4.74 Å². The molecule has 0 aromatic heterocycles. The molecule has 0 saturated heterocycles. The zero-order valence-electron chi connectivity index (χ0n) is 8.36. The van der Waals surface area contributed by atoms with Crippen molar-refractivity contribution < 1.29 is 19.1 Å². The lowest BCUT2D eigenvalue weighted by molar-refractivity contribution is -0.141. The third kappa shape index (κ3) is 3.98. The Morgan fingerprint density at radius 3 is 2.43 bits per heavy atom. The first kappa shape index (κ1) is 12.6. The molecule has 0 aliphatic rings. The summed E-state index contributed by atoms with van der Waals surface area (Å²) in [7, 11) is 1.27. The van der Waals surface area contributed by atoms with Gasteiger partial charge in [-0.05, 0) is 12.5 Å². The van der Waals surface area contributed by atoms with Crippen LogP contribution < -0.4 is 0 Å². The van der Waals surface area contributed by atoms with E-state index in [1.54, 1.807) is 13.0 Å². The monoisotopic (exact) mass is 198 g/mol. The lowest BCUT2D eigenvalue weighted by atomic mass is 9.93. The Labute approximate surface area is 82.9 Å². The van der Waals surface area contributed by atoms with Crippen molar-refractivity contribution in [3.05, 3.63) is 11.6 Å². The molecule has 0 aliphatic carbocycles. The van der Waals surface area contributed by atoms with Gasteiger partial charge < -0.3 is 9.53 Å². The zero-order valence-corrected chi connectivity index (χ0v) is 8.36. The lowest BCUT2D eigenvalue weighted by Crippen LogP contribution is -2.13. The van der Waals surface area contributed by atoms with E-state index >= 15 is 0 Å². The van der Waals surface area contributed by atoms with Gasteiger partial charge in [0, 0.05) is 12.3 Å². The van der Waals surface area contributed by atoms with Gasteiger partial charge in [-0.1, -0.05) is 6.08 Å². The summed E-state index contributed by atoms with van der Waals surface area (Å²) in [6, 6.07) is 0. The minimum Gasteiger partial charge on any atom is -0.469 e. The van der Waals surface area contributed by atoms with Crippen LogP contribution >= 0.6 is 0 Å². The third-order valence-electron chi connectivity index (χ3n) is 1.96. The van der Waals surface area contributed by atoms with Gasteiger partial charge in [0.05, 0.1) is 13.5 Å². The van der Waals surface area contributed by atoms with Crippen molar-refractivity contribution in [2.24, 2.45) is 5.92 Å². The Balaban J connectivity index is 4.49. The predicted molar refractivity (Wildman–Crippen MR) is 50.6 cm³/mol. The van der Waals surface area contributed by atoms with E-state index in [-0.39, 0.29) is 18.8 Å². The summed E-state index contributed by atoms with van der Waals surface area (Å²) in [4.78, 5) is 31.9. The molecule has 4 nitrogen and oxygen atoms in total. The summed E-state index contributed by atoms with van der Waals surface area (Å²) in [6.45, 7) is 1.69. The van der Waals surface area contributed by atoms with E-state index < -0.39 is 5.97 Å². The molecule has 0 bridgehead atoms. The summed E-state index contributed by atoms with van der Waals surface area (Å²) >= 11 is 0. The number of hydrogen-bond donors (Lipinski definition) is 0. The number of hydrogen-bond acceptors (Lipinski definition) is 4. The standard InChI is InChI=1S/C10H14O4/c1-3-8(7-12)9(4-5-11)6-10(13)14-2/h3,5,7,9H,4,6H2,1-2H3/t9-/m0/s1. The summed E-state index contributed by atoms with van der Waals surface area (Å²) in [5, 5.41) is 0. The quantitative estimate of drug-likeness (QED) is 0.361. The molecule has 0 fully saturated rings. The zero-order chi connectivity index (χ0) is 11.0. The molecule has 0 saturated carbocycles. The summed E-state index contributed by atoms with van der Waals surface area (Å²) in [5.74, 6) is -0.777. The molecule has 0 unspecified atom stereocenters. The Morgan fingerprint density at radius 1 is 1.43 bits per heavy atom. The Hall–Kier alpha value is -1.45. The molecule has 0 N–H and O–H groups in total. The number of aldehydes is 2. The van der Waals surface area contributed by atoms with Crippen LogP contribution in [0.1, 0.15) is 19.8 Å². The van der Waals surface area contributed by atoms with E-state index in [1.165, 1.54) is 7.11 Å². The number of rotatable bonds is 6. The number of ether oxygens (including phenoxy) is 1. The summed E-state index contributed by atoms with van der Waals surface area (Å²) in [5.41, 5.74) is 0.461. The first-order valence-corrected chi connectivity index (χ1v) is 4.31. The topological polar surface area (TPSA) is 60.4 Å². The summed E-state index contributed by atoms with van der Waals surface area (Å²) in [6.07, 6.45) is 3.18. The Morgan fingerprint density at radius 2 is 2.07 bits per heavy atom. The van der Waals surface area contributed by atoms with Crippen molar-refractivity contribution in [1.82, 2.24) is 0 Å². The maximum atomic E-state index is 11.0. The van der Waals surface area contributed by atoms with Crippen molar-refractivity contribution in [1.29, 1.82) is 0 Å². The van der Waals surface area contributed by atoms with Gasteiger partial charge in [-0.3, -0.25) is 9.59 Å². The van der Waals surface area contributed by atoms with Crippen molar-refractivity contribution in [2.45, 2.75) is 19.8 Å². The molecule has 0 amide bonds. The minimum atomic E-state index is -0.418. The number of allylic oxidation sites excluding steroid dienone is 2. The van der Waals surface area contributed by atoms with Crippen molar-refractivity contribution in [3.8, 4) is 0 Å². The Bertz CT molecular complexity index is 243. The van der Waals surface area contributed by atoms with Crippen LogP contribution in [0.15, 0.2) is 11.6 Å². The first-order chi connectivity index (χ1) is 6.69. The second-order valence-corrected chi connectivity index (χ2v) is 2.79. The molecular formula is C10H14O4. The van der Waals surface area contributed by atoms with Crippen molar-refractivity contribution in [2.75, 3.05) is 7.11 Å². The van der Waals surface area contributed by atoms with E-state index in [9.17, 15) is 14.4 Å². The van der Waals surface area contributed by atoms with Crippen LogP contribution in [0.5, 0.6) is 0 Å². The third-order valence-corrected chi connectivity index (χ3v) is 1.96. The lowest BCUT2D eigenvalue weighted by Gasteiger charge is -2.11. The van der Waals surface area contributed by atoms with Gasteiger partial charge in [-0.15, -0.1) is 0 Å². The predicted octanol–water partition coefficient (Wildman–Crippen LogP) is 0.900. The fourth-order valence-corrected chi connectivity index (χ4v) is 1.14. The van der Waals surface area contributed by atoms with Crippen LogP contribution in [0.4, 0.5) is 0 Å². The van der Waals surface area contributed by atoms with Gasteiger partial charge in [-0.25, -0.2) is 0 Å². The second kappa shape index (κ2) is 7.00. The van der Waals surface area contributed by atoms with Crippen LogP contribution in [0.25, 0.3) is 0 Å². The van der Waals surface area contributed by atoms with Crippen molar-refractivity contribution >= 4 is 18.5 Å². The first-order valence-electron chi connectivity index (χ1n) is 4.31. The maximum absolute atomic E-state index is 11.0. The van der Waals surface area contributed by atoms with E-state index in [0.29, 0.717) is 18.1 Å². The molecule has 0 aliphatic heterocycles. The molecule has 4 heteroatoms. The molecule has 14 heavy (non-hydrogen) atoms. The van der Waals surface area contributed by atoms with Gasteiger partial charge >= 0.3 is 5.97 Å². The number of esters is 1. The molecule has 0 aromatic carbocycles. The van der Waals surface area contributed by atoms with Crippen LogP contribution in [0, 0.1) is 5.92 Å². The molecule has 0 heterocycles. The highest BCUT2D eigenvalue weighted by molar-refractivity contribution is 5.78. The van der Waals surface area contributed by atoms with Crippen LogP contribution in [0.2, 0.25) is 0 Å². The molecular weight excluding hydrogens is 184 g/mol. The largest absolute Gasteiger partial charge is 0.469 e. The van der Waals surface area contributed by atoms with Crippen LogP contribution in [0.3, 0.4) is 0 Å². The van der Waals surface area contributed by atoms with Gasteiger partial charge in [-0.2, -0.15) is 0 Å². The van der Waals surface area contributed by atoms with E-state index in [0.717, 1.165) is 0 Å². The molecule has 0 rings (SSSR count). The highest BCUT2D eigenvalue weighted by atomic mass is 16.5. The number of carbonyl (C=O) groups is 3. The molecule has 1 atom stereocenters. The highest BCUT2D eigenvalue weighted by Gasteiger charge is 2.17. The average Bonchev–Trinajstić information content (AvgIpc) is 2.19. The summed E-state index contributed by atoms with van der Waals surface area (Å²) < 4.78 is 4.47. The molecule has 0 radical (unpaired) electrons. The highest BCUT2D eigenvalue weighted by Crippen LogP contribution is 2.17. The van der Waals surface area contributed by atoms with Crippen LogP contribution in [-0.4, -0.2) is 25.7 Å². The number of carbonyl (C=O) groups excluding carboxylic acids is 3. The maximum Gasteiger partial charge on any atom is 0.306 e. The van der Waals surface area contributed by atoms with E-state index in [1.807, 2.05) is 0 Å². The smallest absolute Gasteiger partial charge is 0.306 e. The van der Waals surface area contributed by atoms with Gasteiger partial charge in [0.1, 0.15) is 12.6 Å². The Kier molecular flexibility index (Phi) is 6.28. The van der Waals surface area contributed by atoms with E-state index in [4.69, 9.17) is 0 Å². The van der Waals surface area contributed by atoms with Gasteiger partial charge in [0.25, 0.3) is 0 Å². The van der Waals surface area contributed by atoms with Gasteiger partial charge in [0.2, 0.25) is 0 Å². The molecule has 78 valence electrons. The molecule has 0 spiro atoms. The normalized spacial score (nSPS) is 13.1. The number of methoxy groups -OCH3 is 1. The van der Waals surface area contributed by atoms with Crippen LogP contribution in [-0.2, 0) is 19.1 Å². The minimum absolute atomic E-state index is 0.0631. The van der Waals surface area contributed by atoms with Gasteiger partial charge in [0.15, 0.2) is 0 Å². The average molecular weight is 198 g/mol. The second-order valence-electron chi connectivity index (χ2n) is 2.79. The SMILES string of the molecule is CC=C(C=O)[C@@H](CC=O)CC(=O)OC. The fourth-order valence-electron chi connectivity index (χ4n) is 1.14. The molecule has 0 aromatic rings. The van der Waals surface area contributed by atoms with Crippen molar-refractivity contribution in [3.63, 3.8) is 0 Å².